The van der Waals surface area contributed by atoms with Gasteiger partial charge in [0.2, 0.25) is 0 Å². The van der Waals surface area contributed by atoms with E-state index in [4.69, 9.17) is 0 Å². The van der Waals surface area contributed by atoms with E-state index in [2.05, 4.69) is 20.0 Å². The lowest BCUT2D eigenvalue weighted by Crippen LogP contribution is -2.38. The highest BCUT2D eigenvalue weighted by atomic mass is 19.4. The Kier molecular flexibility index (Phi) is 5.66. The summed E-state index contributed by atoms with van der Waals surface area (Å²) in [5, 5.41) is 4.38. The molecule has 6 nitrogen and oxygen atoms in total. The highest BCUT2D eigenvalue weighted by Crippen LogP contribution is 2.46. The number of nitrogens with one attached hydrogen (secondary N) is 2. The minimum absolute atomic E-state index is 0.0391. The van der Waals surface area contributed by atoms with E-state index in [9.17, 15) is 18.0 Å². The molecule has 2 aliphatic heterocycles. The van der Waals surface area contributed by atoms with Crippen molar-refractivity contribution in [3.8, 4) is 5.75 Å². The molecule has 190 valence electrons. The number of rotatable bonds is 3. The van der Waals surface area contributed by atoms with Crippen LogP contribution in [-0.2, 0) is 6.42 Å². The molecule has 2 N–H and O–H groups in total. The Labute approximate surface area is 205 Å². The van der Waals surface area contributed by atoms with E-state index < -0.39 is 6.36 Å². The number of carbonyl (C=O) groups is 1. The third-order valence-electron chi connectivity index (χ3n) is 7.92. The molecule has 0 unspecified atom stereocenters. The van der Waals surface area contributed by atoms with Crippen molar-refractivity contribution in [2.75, 3.05) is 26.2 Å². The number of pyridine rings is 1. The number of piperidine rings is 2. The lowest BCUT2D eigenvalue weighted by Gasteiger charge is -2.33. The van der Waals surface area contributed by atoms with Crippen molar-refractivity contribution in [3.05, 3.63) is 58.7 Å². The van der Waals surface area contributed by atoms with E-state index in [1.54, 1.807) is 4.90 Å². The third-order valence-corrected chi connectivity index (χ3v) is 7.92. The smallest absolute Gasteiger partial charge is 0.406 e. The zero-order valence-corrected chi connectivity index (χ0v) is 19.5. The van der Waals surface area contributed by atoms with Gasteiger partial charge in [0.15, 0.2) is 0 Å². The number of likely N-dealkylation sites (tertiary alicyclic amines) is 1. The maximum atomic E-state index is 15.2. The number of amides is 1. The van der Waals surface area contributed by atoms with Gasteiger partial charge < -0.3 is 19.9 Å². The van der Waals surface area contributed by atoms with Gasteiger partial charge in [0, 0.05) is 41.2 Å². The molecule has 2 saturated heterocycles. The Hall–Kier alpha value is -3.14. The van der Waals surface area contributed by atoms with Crippen LogP contribution in [0.5, 0.6) is 5.75 Å². The van der Waals surface area contributed by atoms with Crippen molar-refractivity contribution in [2.45, 2.75) is 43.9 Å². The predicted molar refractivity (Wildman–Crippen MR) is 124 cm³/mol. The van der Waals surface area contributed by atoms with Crippen molar-refractivity contribution in [1.82, 2.24) is 20.2 Å². The number of aromatic amines is 1. The Morgan fingerprint density at radius 3 is 2.58 bits per heavy atom. The highest BCUT2D eigenvalue weighted by molar-refractivity contribution is 5.94. The summed E-state index contributed by atoms with van der Waals surface area (Å²) in [6.07, 6.45) is -0.305. The average molecular weight is 503 g/mol. The van der Waals surface area contributed by atoms with Gasteiger partial charge in [-0.1, -0.05) is 0 Å². The largest absolute Gasteiger partial charge is 0.573 e. The number of carbonyl (C=O) groups excluding carboxylic acids is 1. The van der Waals surface area contributed by atoms with Gasteiger partial charge in [0.25, 0.3) is 5.91 Å². The van der Waals surface area contributed by atoms with Crippen LogP contribution in [0.4, 0.5) is 17.6 Å². The van der Waals surface area contributed by atoms with Crippen LogP contribution in [0.25, 0.3) is 11.0 Å². The molecule has 2 aromatic heterocycles. The molecule has 0 saturated carbocycles. The first-order chi connectivity index (χ1) is 17.3. The molecule has 1 aliphatic carbocycles. The Bertz CT molecular complexity index is 1300. The van der Waals surface area contributed by atoms with Gasteiger partial charge in [-0.3, -0.25) is 4.79 Å². The summed E-state index contributed by atoms with van der Waals surface area (Å²) in [4.78, 5) is 22.5. The number of benzene rings is 1. The molecule has 6 rings (SSSR count). The first-order valence-corrected chi connectivity index (χ1v) is 12.3. The fourth-order valence-electron chi connectivity index (χ4n) is 6.30. The summed E-state index contributed by atoms with van der Waals surface area (Å²) in [6, 6.07) is 4.93. The van der Waals surface area contributed by atoms with Crippen LogP contribution in [0.2, 0.25) is 0 Å². The van der Waals surface area contributed by atoms with E-state index in [0.717, 1.165) is 49.1 Å². The van der Waals surface area contributed by atoms with Crippen molar-refractivity contribution >= 4 is 16.9 Å². The van der Waals surface area contributed by atoms with E-state index >= 15 is 4.39 Å². The quantitative estimate of drug-likeness (QED) is 0.502. The minimum atomic E-state index is -4.78. The fourth-order valence-corrected chi connectivity index (χ4v) is 6.30. The number of fused-ring (bicyclic) bond motifs is 5. The Morgan fingerprint density at radius 1 is 1.11 bits per heavy atom. The first kappa shape index (κ1) is 23.3. The molecule has 2 fully saturated rings. The third kappa shape index (κ3) is 4.11. The van der Waals surface area contributed by atoms with Crippen LogP contribution < -0.4 is 10.1 Å². The summed E-state index contributed by atoms with van der Waals surface area (Å²) >= 11 is 0. The van der Waals surface area contributed by atoms with Crippen molar-refractivity contribution in [2.24, 2.45) is 5.92 Å². The Balaban J connectivity index is 1.20. The van der Waals surface area contributed by atoms with E-state index in [0.29, 0.717) is 48.9 Å². The molecule has 36 heavy (non-hydrogen) atoms. The van der Waals surface area contributed by atoms with Crippen LogP contribution in [0.3, 0.4) is 0 Å². The molecule has 1 amide bonds. The van der Waals surface area contributed by atoms with Crippen LogP contribution in [0, 0.1) is 11.7 Å². The maximum absolute atomic E-state index is 15.2. The average Bonchev–Trinajstić information content (AvgIpc) is 3.40. The van der Waals surface area contributed by atoms with E-state index in [1.807, 2.05) is 0 Å². The lowest BCUT2D eigenvalue weighted by atomic mass is 9.86. The normalized spacial score (nSPS) is 22.5. The van der Waals surface area contributed by atoms with Crippen LogP contribution in [0.15, 0.2) is 30.5 Å². The van der Waals surface area contributed by atoms with Crippen molar-refractivity contribution < 1.29 is 27.1 Å². The van der Waals surface area contributed by atoms with Gasteiger partial charge in [0.1, 0.15) is 17.2 Å². The molecule has 0 bridgehead atoms. The molecule has 0 radical (unpaired) electrons. The molecule has 1 aromatic carbocycles. The van der Waals surface area contributed by atoms with Gasteiger partial charge in [-0.25, -0.2) is 9.37 Å². The Morgan fingerprint density at radius 2 is 1.86 bits per heavy atom. The van der Waals surface area contributed by atoms with Crippen LogP contribution in [0.1, 0.15) is 58.3 Å². The predicted octanol–water partition coefficient (Wildman–Crippen LogP) is 4.87. The lowest BCUT2D eigenvalue weighted by molar-refractivity contribution is -0.274. The number of aromatic nitrogens is 2. The molecule has 2 atom stereocenters. The second-order valence-corrected chi connectivity index (χ2v) is 9.96. The molecular weight excluding hydrogens is 476 g/mol. The number of alkyl halides is 3. The molecule has 10 heteroatoms. The molecule has 0 spiro atoms. The number of hydrogen-bond donors (Lipinski definition) is 2. The van der Waals surface area contributed by atoms with Gasteiger partial charge in [0.05, 0.1) is 6.20 Å². The molecule has 3 aromatic rings. The standard InChI is InChI=1S/C26H26F4N4O2/c27-20-13-32-24-22(19-11-16-12-31-8-5-18(16)23(19)33-24)21(20)14-6-9-34(10-7-14)25(35)15-1-3-17(4-2-15)36-26(28,29)30/h1-4,13-14,16,18,31H,5-12H2,(H,32,33)/t16-,18+/m0/s1. The summed E-state index contributed by atoms with van der Waals surface area (Å²) in [7, 11) is 0. The maximum Gasteiger partial charge on any atom is 0.573 e. The topological polar surface area (TPSA) is 70.2 Å². The summed E-state index contributed by atoms with van der Waals surface area (Å²) < 4.78 is 56.3. The number of ether oxygens (including phenoxy) is 1. The number of nitrogens with zero attached hydrogens (tertiary/aromatic N) is 2. The summed E-state index contributed by atoms with van der Waals surface area (Å²) in [5.41, 5.74) is 4.14. The van der Waals surface area contributed by atoms with Gasteiger partial charge in [-0.15, -0.1) is 13.2 Å². The monoisotopic (exact) mass is 502 g/mol. The van der Waals surface area contributed by atoms with Gasteiger partial charge >= 0.3 is 6.36 Å². The summed E-state index contributed by atoms with van der Waals surface area (Å²) in [5.74, 6) is 0.00723. The first-order valence-electron chi connectivity index (χ1n) is 12.3. The van der Waals surface area contributed by atoms with Gasteiger partial charge in [-0.05, 0) is 80.4 Å². The fraction of sp³-hybridized carbons (Fsp3) is 0.462. The minimum Gasteiger partial charge on any atom is -0.406 e. The second-order valence-electron chi connectivity index (χ2n) is 9.96. The molecule has 3 aliphatic rings. The molecular formula is C26H26F4N4O2. The van der Waals surface area contributed by atoms with Crippen LogP contribution in [-0.4, -0.2) is 53.3 Å². The van der Waals surface area contributed by atoms with Crippen molar-refractivity contribution in [1.29, 1.82) is 0 Å². The van der Waals surface area contributed by atoms with Crippen LogP contribution >= 0.6 is 0 Å². The highest BCUT2D eigenvalue weighted by Gasteiger charge is 2.39. The van der Waals surface area contributed by atoms with Crippen molar-refractivity contribution in [3.63, 3.8) is 0 Å². The van der Waals surface area contributed by atoms with Gasteiger partial charge in [-0.2, -0.15) is 0 Å². The SMILES string of the molecule is O=C(c1ccc(OC(F)(F)F)cc1)N1CCC(c2c(F)cnc3[nH]c4c(c23)C[C@H]2CNCC[C@@H]42)CC1. The number of H-pyrrole nitrogens is 1. The molecule has 4 heterocycles. The van der Waals surface area contributed by atoms with E-state index in [-0.39, 0.29) is 23.4 Å². The van der Waals surface area contributed by atoms with E-state index in [1.165, 1.54) is 29.6 Å². The number of hydrogen-bond acceptors (Lipinski definition) is 4. The second kappa shape index (κ2) is 8.76. The number of halogens is 4. The zero-order valence-electron chi connectivity index (χ0n) is 19.5. The summed E-state index contributed by atoms with van der Waals surface area (Å²) in [6.45, 7) is 2.83. The zero-order chi connectivity index (χ0) is 25.0.